The molecule has 0 saturated heterocycles. The van der Waals surface area contributed by atoms with Crippen LogP contribution < -0.4 is 4.72 Å². The van der Waals surface area contributed by atoms with Crippen LogP contribution in [0, 0.1) is 0 Å². The maximum atomic E-state index is 12.5. The van der Waals surface area contributed by atoms with Gasteiger partial charge in [0.05, 0.1) is 4.90 Å². The Labute approximate surface area is 146 Å². The lowest BCUT2D eigenvalue weighted by atomic mass is 9.87. The van der Waals surface area contributed by atoms with Crippen molar-refractivity contribution in [2.24, 2.45) is 0 Å². The lowest BCUT2D eigenvalue weighted by molar-refractivity contribution is 0.546. The second-order valence-corrected chi connectivity index (χ2v) is 9.03. The van der Waals surface area contributed by atoms with Crippen LogP contribution in [0.4, 0.5) is 0 Å². The third-order valence-corrected chi connectivity index (χ3v) is 5.70. The van der Waals surface area contributed by atoms with E-state index in [9.17, 15) is 8.42 Å². The molecule has 1 N–H and O–H groups in total. The SMILES string of the molecule is C[C@H](CCc1ccccc1)NS(=O)(=O)c1ccc(C(C)(C)C)cc1. The molecule has 1 atom stereocenters. The Hall–Kier alpha value is -1.65. The zero-order valence-electron chi connectivity index (χ0n) is 14.9. The Kier molecular flexibility index (Phi) is 5.83. The minimum Gasteiger partial charge on any atom is -0.208 e. The lowest BCUT2D eigenvalue weighted by Crippen LogP contribution is -2.33. The lowest BCUT2D eigenvalue weighted by Gasteiger charge is -2.19. The van der Waals surface area contributed by atoms with E-state index in [-0.39, 0.29) is 11.5 Å². The molecular formula is C20H27NO2S. The first kappa shape index (κ1) is 18.7. The highest BCUT2D eigenvalue weighted by atomic mass is 32.2. The van der Waals surface area contributed by atoms with Crippen LogP contribution in [0.5, 0.6) is 0 Å². The molecule has 0 bridgehead atoms. The van der Waals surface area contributed by atoms with E-state index in [4.69, 9.17) is 0 Å². The predicted molar refractivity (Wildman–Crippen MR) is 99.7 cm³/mol. The van der Waals surface area contributed by atoms with Crippen LogP contribution in [0.3, 0.4) is 0 Å². The molecule has 2 aromatic rings. The summed E-state index contributed by atoms with van der Waals surface area (Å²) in [6.07, 6.45) is 1.62. The van der Waals surface area contributed by atoms with Crippen molar-refractivity contribution in [1.29, 1.82) is 0 Å². The van der Waals surface area contributed by atoms with E-state index < -0.39 is 10.0 Å². The highest BCUT2D eigenvalue weighted by molar-refractivity contribution is 7.89. The summed E-state index contributed by atoms with van der Waals surface area (Å²) in [5.74, 6) is 0. The van der Waals surface area contributed by atoms with Gasteiger partial charge in [0, 0.05) is 6.04 Å². The highest BCUT2D eigenvalue weighted by Gasteiger charge is 2.19. The van der Waals surface area contributed by atoms with Gasteiger partial charge >= 0.3 is 0 Å². The Bertz CT molecular complexity index is 744. The van der Waals surface area contributed by atoms with E-state index in [1.54, 1.807) is 12.1 Å². The maximum absolute atomic E-state index is 12.5. The molecule has 0 aliphatic carbocycles. The monoisotopic (exact) mass is 345 g/mol. The van der Waals surface area contributed by atoms with Gasteiger partial charge in [-0.05, 0) is 48.4 Å². The molecule has 2 aromatic carbocycles. The Balaban J connectivity index is 1.99. The second-order valence-electron chi connectivity index (χ2n) is 7.32. The van der Waals surface area contributed by atoms with Gasteiger partial charge in [-0.2, -0.15) is 0 Å². The molecule has 24 heavy (non-hydrogen) atoms. The molecule has 0 unspecified atom stereocenters. The minimum atomic E-state index is -3.48. The highest BCUT2D eigenvalue weighted by Crippen LogP contribution is 2.23. The summed E-state index contributed by atoms with van der Waals surface area (Å²) in [7, 11) is -3.48. The first-order valence-corrected chi connectivity index (χ1v) is 9.83. The Morgan fingerprint density at radius 3 is 2.08 bits per heavy atom. The largest absolute Gasteiger partial charge is 0.240 e. The van der Waals surface area contributed by atoms with Crippen molar-refractivity contribution in [3.05, 3.63) is 65.7 Å². The van der Waals surface area contributed by atoms with Gasteiger partial charge in [-0.15, -0.1) is 0 Å². The number of hydrogen-bond acceptors (Lipinski definition) is 2. The van der Waals surface area contributed by atoms with Gasteiger partial charge in [-0.1, -0.05) is 63.2 Å². The molecule has 0 fully saturated rings. The standard InChI is InChI=1S/C20H27NO2S/c1-16(10-11-17-8-6-5-7-9-17)21-24(22,23)19-14-12-18(13-15-19)20(2,3)4/h5-9,12-16,21H,10-11H2,1-4H3/t16-/m1/s1. The van der Waals surface area contributed by atoms with Crippen LogP contribution in [0.1, 0.15) is 45.2 Å². The molecule has 2 rings (SSSR count). The van der Waals surface area contributed by atoms with Gasteiger partial charge in [-0.3, -0.25) is 0 Å². The van der Waals surface area contributed by atoms with Crippen LogP contribution in [-0.4, -0.2) is 14.5 Å². The Morgan fingerprint density at radius 1 is 0.958 bits per heavy atom. The second kappa shape index (κ2) is 7.49. The summed E-state index contributed by atoms with van der Waals surface area (Å²) in [5.41, 5.74) is 2.36. The van der Waals surface area contributed by atoms with E-state index in [1.165, 1.54) is 5.56 Å². The van der Waals surface area contributed by atoms with Gasteiger partial charge in [0.25, 0.3) is 0 Å². The average molecular weight is 346 g/mol. The van der Waals surface area contributed by atoms with Gasteiger partial charge in [0.15, 0.2) is 0 Å². The zero-order valence-corrected chi connectivity index (χ0v) is 15.7. The molecule has 0 heterocycles. The van der Waals surface area contributed by atoms with E-state index in [1.807, 2.05) is 37.3 Å². The summed E-state index contributed by atoms with van der Waals surface area (Å²) in [5, 5.41) is 0. The summed E-state index contributed by atoms with van der Waals surface area (Å²) in [4.78, 5) is 0.321. The third-order valence-electron chi connectivity index (χ3n) is 4.10. The number of nitrogens with one attached hydrogen (secondary N) is 1. The fourth-order valence-electron chi connectivity index (χ4n) is 2.55. The fourth-order valence-corrected chi connectivity index (χ4v) is 3.83. The number of sulfonamides is 1. The maximum Gasteiger partial charge on any atom is 0.240 e. The first-order chi connectivity index (χ1) is 11.2. The molecule has 3 nitrogen and oxygen atoms in total. The fraction of sp³-hybridized carbons (Fsp3) is 0.400. The molecule has 0 amide bonds. The molecule has 0 aromatic heterocycles. The van der Waals surface area contributed by atoms with Crippen molar-refractivity contribution in [1.82, 2.24) is 4.72 Å². The van der Waals surface area contributed by atoms with Crippen molar-refractivity contribution >= 4 is 10.0 Å². The van der Waals surface area contributed by atoms with Crippen LogP contribution in [0.15, 0.2) is 59.5 Å². The van der Waals surface area contributed by atoms with Crippen LogP contribution in [-0.2, 0) is 21.9 Å². The third kappa shape index (κ3) is 5.18. The summed E-state index contributed by atoms with van der Waals surface area (Å²) in [6.45, 7) is 8.24. The number of rotatable bonds is 6. The summed E-state index contributed by atoms with van der Waals surface area (Å²) in [6, 6.07) is 17.2. The normalized spacial score (nSPS) is 13.7. The van der Waals surface area contributed by atoms with Gasteiger partial charge < -0.3 is 0 Å². The van der Waals surface area contributed by atoms with Gasteiger partial charge in [0.2, 0.25) is 10.0 Å². The molecule has 0 radical (unpaired) electrons. The van der Waals surface area contributed by atoms with Crippen molar-refractivity contribution in [3.63, 3.8) is 0 Å². The van der Waals surface area contributed by atoms with E-state index in [0.717, 1.165) is 18.4 Å². The van der Waals surface area contributed by atoms with Gasteiger partial charge in [-0.25, -0.2) is 13.1 Å². The quantitative estimate of drug-likeness (QED) is 0.849. The zero-order chi connectivity index (χ0) is 17.8. The molecule has 0 aliphatic heterocycles. The average Bonchev–Trinajstić information content (AvgIpc) is 2.53. The van der Waals surface area contributed by atoms with Crippen LogP contribution in [0.2, 0.25) is 0 Å². The van der Waals surface area contributed by atoms with E-state index >= 15 is 0 Å². The number of hydrogen-bond donors (Lipinski definition) is 1. The number of benzene rings is 2. The van der Waals surface area contributed by atoms with Gasteiger partial charge in [0.1, 0.15) is 0 Å². The molecule has 4 heteroatoms. The first-order valence-electron chi connectivity index (χ1n) is 8.35. The summed E-state index contributed by atoms with van der Waals surface area (Å²) < 4.78 is 27.8. The minimum absolute atomic E-state index is 0.0126. The topological polar surface area (TPSA) is 46.2 Å². The van der Waals surface area contributed by atoms with E-state index in [0.29, 0.717) is 4.90 Å². The molecule has 130 valence electrons. The van der Waals surface area contributed by atoms with Crippen molar-refractivity contribution < 1.29 is 8.42 Å². The van der Waals surface area contributed by atoms with Crippen molar-refractivity contribution in [2.75, 3.05) is 0 Å². The van der Waals surface area contributed by atoms with E-state index in [2.05, 4.69) is 37.6 Å². The predicted octanol–water partition coefficient (Wildman–Crippen LogP) is 4.28. The summed E-state index contributed by atoms with van der Waals surface area (Å²) >= 11 is 0. The van der Waals surface area contributed by atoms with Crippen molar-refractivity contribution in [2.45, 2.75) is 56.9 Å². The molecule has 0 saturated carbocycles. The molecule has 0 aliphatic rings. The number of aryl methyl sites for hydroxylation is 1. The van der Waals surface area contributed by atoms with Crippen molar-refractivity contribution in [3.8, 4) is 0 Å². The Morgan fingerprint density at radius 2 is 1.54 bits per heavy atom. The smallest absolute Gasteiger partial charge is 0.208 e. The molecular weight excluding hydrogens is 318 g/mol. The van der Waals surface area contributed by atoms with Crippen LogP contribution in [0.25, 0.3) is 0 Å². The molecule has 0 spiro atoms. The van der Waals surface area contributed by atoms with Crippen LogP contribution >= 0.6 is 0 Å².